The second-order valence-electron chi connectivity index (χ2n) is 6.44. The van der Waals surface area contributed by atoms with E-state index >= 15 is 0 Å². The zero-order valence-electron chi connectivity index (χ0n) is 15.7. The lowest BCUT2D eigenvalue weighted by atomic mass is 9.99. The molecule has 0 aliphatic carbocycles. The molecule has 7 nitrogen and oxygen atoms in total. The molecule has 1 aromatic heterocycles. The van der Waals surface area contributed by atoms with Crippen LogP contribution >= 0.6 is 11.6 Å². The third kappa shape index (κ3) is 4.55. The Labute approximate surface area is 168 Å². The van der Waals surface area contributed by atoms with Gasteiger partial charge in [0.25, 0.3) is 0 Å². The van der Waals surface area contributed by atoms with Crippen molar-refractivity contribution >= 4 is 23.6 Å². The highest BCUT2D eigenvalue weighted by Crippen LogP contribution is 2.27. The number of hydrogen-bond acceptors (Lipinski definition) is 4. The number of carbonyl (C=O) groups is 2. The normalized spacial score (nSPS) is 17.7. The minimum atomic E-state index is -0.701. The van der Waals surface area contributed by atoms with Crippen molar-refractivity contribution in [3.63, 3.8) is 0 Å². The Hall–Kier alpha value is -2.77. The van der Waals surface area contributed by atoms with Gasteiger partial charge in [0.15, 0.2) is 0 Å². The number of urea groups is 1. The predicted molar refractivity (Wildman–Crippen MR) is 103 cm³/mol. The fourth-order valence-corrected chi connectivity index (χ4v) is 3.32. The number of furan rings is 1. The van der Waals surface area contributed by atoms with Crippen LogP contribution in [0.2, 0.25) is 5.02 Å². The lowest BCUT2D eigenvalue weighted by Crippen LogP contribution is -2.86. The summed E-state index contributed by atoms with van der Waals surface area (Å²) in [5, 5.41) is 8.16. The summed E-state index contributed by atoms with van der Waals surface area (Å²) in [6.07, 6.45) is 1.50. The Bertz CT molecular complexity index is 879. The van der Waals surface area contributed by atoms with Gasteiger partial charge in [-0.05, 0) is 38.1 Å². The smallest absolute Gasteiger partial charge is 0.338 e. The van der Waals surface area contributed by atoms with E-state index in [1.165, 1.54) is 6.26 Å². The molecular weight excluding hydrogens is 382 g/mol. The monoisotopic (exact) mass is 404 g/mol. The fraction of sp³-hybridized carbons (Fsp3) is 0.300. The molecule has 2 heterocycles. The SMILES string of the molecule is CCOC(=O)C1=C(C[NH2+][C@@H](C)c2cccc(Cl)c2)NC(=O)N[C@@H]1c1ccco1. The number of amides is 2. The molecule has 2 aromatic rings. The predicted octanol–water partition coefficient (Wildman–Crippen LogP) is 2.43. The van der Waals surface area contributed by atoms with Crippen LogP contribution in [0.3, 0.4) is 0 Å². The summed E-state index contributed by atoms with van der Waals surface area (Å²) in [5.74, 6) is -0.0199. The first-order valence-corrected chi connectivity index (χ1v) is 9.47. The van der Waals surface area contributed by atoms with E-state index in [0.717, 1.165) is 5.56 Å². The van der Waals surface area contributed by atoms with Gasteiger partial charge < -0.3 is 25.1 Å². The standard InChI is InChI=1S/C20H22ClN3O4/c1-3-27-19(25)17-15(11-22-12(2)13-6-4-7-14(21)10-13)23-20(26)24-18(17)16-8-5-9-28-16/h4-10,12,18,22H,3,11H2,1-2H3,(H2,23,24,26)/p+1/t12-,18+/m0/s1. The number of ether oxygens (including phenoxy) is 1. The zero-order chi connectivity index (χ0) is 20.1. The molecule has 1 aliphatic heterocycles. The number of rotatable bonds is 7. The Morgan fingerprint density at radius 3 is 2.86 bits per heavy atom. The largest absolute Gasteiger partial charge is 0.467 e. The topological polar surface area (TPSA) is 97.2 Å². The molecule has 28 heavy (non-hydrogen) atoms. The number of hydrogen-bond donors (Lipinski definition) is 3. The molecule has 0 radical (unpaired) electrons. The summed E-state index contributed by atoms with van der Waals surface area (Å²) >= 11 is 6.07. The fourth-order valence-electron chi connectivity index (χ4n) is 3.12. The van der Waals surface area contributed by atoms with E-state index in [2.05, 4.69) is 10.6 Å². The molecule has 1 aromatic carbocycles. The molecule has 2 atom stereocenters. The molecule has 8 heteroatoms. The van der Waals surface area contributed by atoms with Crippen molar-refractivity contribution in [3.8, 4) is 0 Å². The summed E-state index contributed by atoms with van der Waals surface area (Å²) in [4.78, 5) is 24.8. The van der Waals surface area contributed by atoms with Crippen LogP contribution in [0.5, 0.6) is 0 Å². The molecule has 2 amide bonds. The third-order valence-electron chi connectivity index (χ3n) is 4.53. The number of quaternary nitrogens is 1. The minimum Gasteiger partial charge on any atom is -0.467 e. The number of halogens is 1. The zero-order valence-corrected chi connectivity index (χ0v) is 16.5. The second-order valence-corrected chi connectivity index (χ2v) is 6.88. The lowest BCUT2D eigenvalue weighted by Gasteiger charge is -2.27. The second kappa shape index (κ2) is 8.95. The average molecular weight is 405 g/mol. The molecule has 0 fully saturated rings. The third-order valence-corrected chi connectivity index (χ3v) is 4.76. The van der Waals surface area contributed by atoms with Crippen molar-refractivity contribution in [2.75, 3.05) is 13.2 Å². The summed E-state index contributed by atoms with van der Waals surface area (Å²) < 4.78 is 10.6. The maximum atomic E-state index is 12.6. The summed E-state index contributed by atoms with van der Waals surface area (Å²) in [7, 11) is 0. The molecule has 0 spiro atoms. The summed E-state index contributed by atoms with van der Waals surface area (Å²) in [6.45, 7) is 4.38. The molecule has 0 saturated heterocycles. The molecule has 3 rings (SSSR count). The minimum absolute atomic E-state index is 0.0727. The number of esters is 1. The first-order chi connectivity index (χ1) is 13.5. The first kappa shape index (κ1) is 20.0. The number of nitrogens with one attached hydrogen (secondary N) is 2. The Morgan fingerprint density at radius 2 is 2.18 bits per heavy atom. The van der Waals surface area contributed by atoms with Gasteiger partial charge in [0, 0.05) is 10.6 Å². The van der Waals surface area contributed by atoms with E-state index in [1.54, 1.807) is 19.1 Å². The quantitative estimate of drug-likeness (QED) is 0.617. The molecule has 1 aliphatic rings. The van der Waals surface area contributed by atoms with Crippen molar-refractivity contribution in [1.29, 1.82) is 0 Å². The van der Waals surface area contributed by atoms with Gasteiger partial charge in [-0.3, -0.25) is 0 Å². The van der Waals surface area contributed by atoms with Gasteiger partial charge in [-0.2, -0.15) is 0 Å². The van der Waals surface area contributed by atoms with Crippen molar-refractivity contribution in [3.05, 3.63) is 70.3 Å². The van der Waals surface area contributed by atoms with Crippen LogP contribution in [-0.4, -0.2) is 25.2 Å². The van der Waals surface area contributed by atoms with Gasteiger partial charge in [0.1, 0.15) is 24.4 Å². The van der Waals surface area contributed by atoms with E-state index in [0.29, 0.717) is 28.6 Å². The summed E-state index contributed by atoms with van der Waals surface area (Å²) in [6, 6.07) is 10.00. The molecule has 148 valence electrons. The van der Waals surface area contributed by atoms with Crippen LogP contribution in [0.1, 0.15) is 37.3 Å². The number of carbonyl (C=O) groups excluding carboxylic acids is 2. The number of nitrogens with two attached hydrogens (primary N) is 1. The molecule has 0 unspecified atom stereocenters. The van der Waals surface area contributed by atoms with Crippen LogP contribution in [-0.2, 0) is 9.53 Å². The Morgan fingerprint density at radius 1 is 1.36 bits per heavy atom. The lowest BCUT2D eigenvalue weighted by molar-refractivity contribution is -0.686. The first-order valence-electron chi connectivity index (χ1n) is 9.09. The molecule has 4 N–H and O–H groups in total. The van der Waals surface area contributed by atoms with Crippen molar-refractivity contribution in [2.24, 2.45) is 0 Å². The van der Waals surface area contributed by atoms with Crippen molar-refractivity contribution in [1.82, 2.24) is 10.6 Å². The van der Waals surface area contributed by atoms with Crippen molar-refractivity contribution in [2.45, 2.75) is 25.9 Å². The maximum absolute atomic E-state index is 12.6. The van der Waals surface area contributed by atoms with Gasteiger partial charge in [-0.1, -0.05) is 23.7 Å². The van der Waals surface area contributed by atoms with Crippen LogP contribution < -0.4 is 16.0 Å². The van der Waals surface area contributed by atoms with Crippen LogP contribution in [0.4, 0.5) is 4.79 Å². The van der Waals surface area contributed by atoms with Crippen LogP contribution in [0, 0.1) is 0 Å². The number of benzene rings is 1. The van der Waals surface area contributed by atoms with E-state index in [9.17, 15) is 9.59 Å². The van der Waals surface area contributed by atoms with Gasteiger partial charge in [0.05, 0.1) is 24.1 Å². The summed E-state index contributed by atoms with van der Waals surface area (Å²) in [5.41, 5.74) is 1.89. The van der Waals surface area contributed by atoms with Gasteiger partial charge >= 0.3 is 12.0 Å². The molecule has 0 saturated carbocycles. The van der Waals surface area contributed by atoms with E-state index < -0.39 is 18.0 Å². The highest BCUT2D eigenvalue weighted by Gasteiger charge is 2.36. The Balaban J connectivity index is 1.87. The van der Waals surface area contributed by atoms with Gasteiger partial charge in [0.2, 0.25) is 0 Å². The van der Waals surface area contributed by atoms with Crippen LogP contribution in [0.15, 0.2) is 58.3 Å². The molecular formula is C20H23ClN3O4+. The van der Waals surface area contributed by atoms with E-state index in [1.807, 2.05) is 36.5 Å². The van der Waals surface area contributed by atoms with Crippen molar-refractivity contribution < 1.29 is 24.1 Å². The highest BCUT2D eigenvalue weighted by atomic mass is 35.5. The highest BCUT2D eigenvalue weighted by molar-refractivity contribution is 6.30. The van der Waals surface area contributed by atoms with Crippen LogP contribution in [0.25, 0.3) is 0 Å². The van der Waals surface area contributed by atoms with Gasteiger partial charge in [-0.15, -0.1) is 0 Å². The Kier molecular flexibility index (Phi) is 6.38. The van der Waals surface area contributed by atoms with Gasteiger partial charge in [-0.25, -0.2) is 9.59 Å². The average Bonchev–Trinajstić information content (AvgIpc) is 3.20. The van der Waals surface area contributed by atoms with E-state index in [4.69, 9.17) is 20.8 Å². The van der Waals surface area contributed by atoms with E-state index in [-0.39, 0.29) is 12.6 Å². The molecule has 0 bridgehead atoms. The maximum Gasteiger partial charge on any atom is 0.338 e.